The molecular weight excluding hydrogens is 200 g/mol. The molecule has 0 aliphatic heterocycles. The Balaban J connectivity index is 1.93. The Kier molecular flexibility index (Phi) is 6.46. The summed E-state index contributed by atoms with van der Waals surface area (Å²) in [5.74, 6) is 1.67. The minimum atomic E-state index is 0.211. The average Bonchev–Trinajstić information content (AvgIpc) is 2.19. The van der Waals surface area contributed by atoms with Gasteiger partial charge in [-0.1, -0.05) is 26.2 Å². The lowest BCUT2D eigenvalue weighted by Crippen LogP contribution is -2.27. The van der Waals surface area contributed by atoms with Crippen molar-refractivity contribution in [2.45, 2.75) is 51.9 Å². The van der Waals surface area contributed by atoms with Crippen molar-refractivity contribution in [3.05, 3.63) is 0 Å². The Hall–Kier alpha value is -0.570. The number of carbonyl (C=O) groups is 1. The van der Waals surface area contributed by atoms with Gasteiger partial charge in [0.2, 0.25) is 5.91 Å². The highest BCUT2D eigenvalue weighted by atomic mass is 16.1. The Morgan fingerprint density at radius 3 is 2.75 bits per heavy atom. The first-order valence-electron chi connectivity index (χ1n) is 6.69. The number of amides is 1. The number of nitrogens with one attached hydrogen (secondary N) is 1. The van der Waals surface area contributed by atoms with Gasteiger partial charge in [-0.2, -0.15) is 0 Å². The quantitative estimate of drug-likeness (QED) is 0.665. The number of hydrogen-bond acceptors (Lipinski definition) is 2. The second-order valence-corrected chi connectivity index (χ2v) is 5.16. The Morgan fingerprint density at radius 2 is 2.19 bits per heavy atom. The lowest BCUT2D eigenvalue weighted by Gasteiger charge is -2.25. The fourth-order valence-corrected chi connectivity index (χ4v) is 2.09. The molecule has 0 bridgehead atoms. The molecule has 3 N–H and O–H groups in total. The molecule has 3 nitrogen and oxygen atoms in total. The van der Waals surface area contributed by atoms with E-state index in [2.05, 4.69) is 12.2 Å². The fourth-order valence-electron chi connectivity index (χ4n) is 2.09. The van der Waals surface area contributed by atoms with Crippen LogP contribution >= 0.6 is 0 Å². The van der Waals surface area contributed by atoms with Crippen LogP contribution in [0.25, 0.3) is 0 Å². The van der Waals surface area contributed by atoms with E-state index in [9.17, 15) is 4.79 Å². The molecule has 1 saturated carbocycles. The molecular formula is C13H26N2O. The highest BCUT2D eigenvalue weighted by Crippen LogP contribution is 2.28. The van der Waals surface area contributed by atoms with Crippen LogP contribution in [0.1, 0.15) is 51.9 Å². The molecule has 0 radical (unpaired) electrons. The van der Waals surface area contributed by atoms with Gasteiger partial charge in [-0.25, -0.2) is 0 Å². The van der Waals surface area contributed by atoms with E-state index in [1.807, 2.05) is 0 Å². The van der Waals surface area contributed by atoms with Gasteiger partial charge in [-0.15, -0.1) is 0 Å². The van der Waals surface area contributed by atoms with Crippen LogP contribution in [0.2, 0.25) is 0 Å². The molecule has 1 rings (SSSR count). The van der Waals surface area contributed by atoms with Crippen LogP contribution in [-0.2, 0) is 4.79 Å². The normalized spacial score (nSPS) is 17.9. The first-order chi connectivity index (χ1) is 7.72. The monoisotopic (exact) mass is 226 g/mol. The molecule has 0 aromatic carbocycles. The largest absolute Gasteiger partial charge is 0.356 e. The topological polar surface area (TPSA) is 55.1 Å². The van der Waals surface area contributed by atoms with Crippen LogP contribution in [-0.4, -0.2) is 19.0 Å². The third-order valence-corrected chi connectivity index (χ3v) is 3.62. The van der Waals surface area contributed by atoms with Crippen molar-refractivity contribution in [1.82, 2.24) is 5.32 Å². The van der Waals surface area contributed by atoms with Crippen molar-refractivity contribution in [1.29, 1.82) is 0 Å². The maximum absolute atomic E-state index is 11.5. The van der Waals surface area contributed by atoms with Gasteiger partial charge in [0.1, 0.15) is 0 Å². The molecule has 1 aliphatic rings. The van der Waals surface area contributed by atoms with Crippen molar-refractivity contribution in [3.63, 3.8) is 0 Å². The van der Waals surface area contributed by atoms with Crippen LogP contribution in [0.15, 0.2) is 0 Å². The van der Waals surface area contributed by atoms with Gasteiger partial charge in [0.25, 0.3) is 0 Å². The van der Waals surface area contributed by atoms with Crippen molar-refractivity contribution in [3.8, 4) is 0 Å². The molecule has 1 aliphatic carbocycles. The molecule has 16 heavy (non-hydrogen) atoms. The zero-order chi connectivity index (χ0) is 11.8. The maximum atomic E-state index is 11.5. The first-order valence-corrected chi connectivity index (χ1v) is 6.69. The van der Waals surface area contributed by atoms with Gasteiger partial charge < -0.3 is 11.1 Å². The number of hydrogen-bond donors (Lipinski definition) is 2. The molecule has 0 spiro atoms. The van der Waals surface area contributed by atoms with Crippen LogP contribution in [0.4, 0.5) is 0 Å². The maximum Gasteiger partial charge on any atom is 0.220 e. The summed E-state index contributed by atoms with van der Waals surface area (Å²) in [7, 11) is 0. The number of rotatable bonds is 8. The van der Waals surface area contributed by atoms with Crippen molar-refractivity contribution in [2.75, 3.05) is 13.1 Å². The summed E-state index contributed by atoms with van der Waals surface area (Å²) in [6, 6.07) is 0. The average molecular weight is 226 g/mol. The summed E-state index contributed by atoms with van der Waals surface area (Å²) in [5.41, 5.74) is 5.47. The predicted octanol–water partition coefficient (Wildman–Crippen LogP) is 2.06. The smallest absolute Gasteiger partial charge is 0.220 e. The third-order valence-electron chi connectivity index (χ3n) is 3.62. The third kappa shape index (κ3) is 5.50. The Labute approximate surface area is 99.2 Å². The van der Waals surface area contributed by atoms with Crippen LogP contribution in [0.3, 0.4) is 0 Å². The fraction of sp³-hybridized carbons (Fsp3) is 0.923. The second-order valence-electron chi connectivity index (χ2n) is 5.16. The van der Waals surface area contributed by atoms with Gasteiger partial charge in [0.15, 0.2) is 0 Å². The molecule has 0 aromatic heterocycles. The lowest BCUT2D eigenvalue weighted by molar-refractivity contribution is -0.121. The number of nitrogens with two attached hydrogens (primary N) is 1. The molecule has 1 atom stereocenters. The zero-order valence-corrected chi connectivity index (χ0v) is 10.5. The molecule has 1 amide bonds. The summed E-state index contributed by atoms with van der Waals surface area (Å²) in [6.45, 7) is 3.76. The molecule has 1 fully saturated rings. The standard InChI is InChI=1S/C13H26N2O/c1-11(7-9-14)5-6-13(16)15-10-8-12-3-2-4-12/h11-12H,2-10,14H2,1H3,(H,15,16). The summed E-state index contributed by atoms with van der Waals surface area (Å²) in [4.78, 5) is 11.5. The van der Waals surface area contributed by atoms with E-state index in [1.54, 1.807) is 0 Å². The van der Waals surface area contributed by atoms with Crippen molar-refractivity contribution < 1.29 is 4.79 Å². The molecule has 0 aromatic rings. The van der Waals surface area contributed by atoms with E-state index in [1.165, 1.54) is 25.7 Å². The van der Waals surface area contributed by atoms with Gasteiger partial charge in [0.05, 0.1) is 0 Å². The molecule has 0 saturated heterocycles. The molecule has 0 heterocycles. The Bertz CT molecular complexity index is 202. The highest BCUT2D eigenvalue weighted by molar-refractivity contribution is 5.75. The van der Waals surface area contributed by atoms with Crippen LogP contribution in [0.5, 0.6) is 0 Å². The summed E-state index contributed by atoms with van der Waals surface area (Å²) >= 11 is 0. The van der Waals surface area contributed by atoms with Crippen LogP contribution < -0.4 is 11.1 Å². The minimum absolute atomic E-state index is 0.211. The summed E-state index contributed by atoms with van der Waals surface area (Å²) in [5, 5.41) is 3.01. The summed E-state index contributed by atoms with van der Waals surface area (Å²) < 4.78 is 0. The molecule has 94 valence electrons. The second kappa shape index (κ2) is 7.66. The highest BCUT2D eigenvalue weighted by Gasteiger charge is 2.16. The van der Waals surface area contributed by atoms with E-state index in [4.69, 9.17) is 5.73 Å². The van der Waals surface area contributed by atoms with Crippen LogP contribution in [0, 0.1) is 11.8 Å². The van der Waals surface area contributed by atoms with E-state index in [0.717, 1.165) is 31.8 Å². The van der Waals surface area contributed by atoms with Gasteiger partial charge >= 0.3 is 0 Å². The molecule has 1 unspecified atom stereocenters. The van der Waals surface area contributed by atoms with E-state index < -0.39 is 0 Å². The molecule has 3 heteroatoms. The van der Waals surface area contributed by atoms with Crippen molar-refractivity contribution in [2.24, 2.45) is 17.6 Å². The van der Waals surface area contributed by atoms with E-state index in [0.29, 0.717) is 12.3 Å². The number of carbonyl (C=O) groups excluding carboxylic acids is 1. The van der Waals surface area contributed by atoms with E-state index in [-0.39, 0.29) is 5.91 Å². The predicted molar refractivity (Wildman–Crippen MR) is 67.0 cm³/mol. The first kappa shape index (κ1) is 13.5. The van der Waals surface area contributed by atoms with Gasteiger partial charge in [-0.05, 0) is 37.6 Å². The SMILES string of the molecule is CC(CCN)CCC(=O)NCCC1CCC1. The van der Waals surface area contributed by atoms with Gasteiger partial charge in [-0.3, -0.25) is 4.79 Å². The minimum Gasteiger partial charge on any atom is -0.356 e. The van der Waals surface area contributed by atoms with E-state index >= 15 is 0 Å². The summed E-state index contributed by atoms with van der Waals surface area (Å²) in [6.07, 6.45) is 7.93. The van der Waals surface area contributed by atoms with Crippen molar-refractivity contribution >= 4 is 5.91 Å². The van der Waals surface area contributed by atoms with Gasteiger partial charge in [0, 0.05) is 13.0 Å². The zero-order valence-electron chi connectivity index (χ0n) is 10.5. The Morgan fingerprint density at radius 1 is 1.44 bits per heavy atom. The lowest BCUT2D eigenvalue weighted by atomic mass is 9.83.